The molecule has 2 aromatic rings. The predicted molar refractivity (Wildman–Crippen MR) is 118 cm³/mol. The van der Waals surface area contributed by atoms with Crippen LogP contribution in [0.2, 0.25) is 0 Å². The molecular weight excluding hydrogens is 437 g/mol. The van der Waals surface area contributed by atoms with Gasteiger partial charge in [-0.15, -0.1) is 24.0 Å². The third kappa shape index (κ3) is 4.76. The monoisotopic (exact) mass is 465 g/mol. The third-order valence-electron chi connectivity index (χ3n) is 4.82. The minimum atomic E-state index is -0.866. The summed E-state index contributed by atoms with van der Waals surface area (Å²) in [5.74, 6) is 0.733. The molecule has 2 aromatic carbocycles. The van der Waals surface area contributed by atoms with Crippen LogP contribution in [0.4, 0.5) is 0 Å². The number of nitrogens with zero attached hydrogens (tertiary/aromatic N) is 1. The highest BCUT2D eigenvalue weighted by Gasteiger charge is 2.36. The molecule has 0 spiro atoms. The van der Waals surface area contributed by atoms with Crippen molar-refractivity contribution in [2.45, 2.75) is 38.3 Å². The molecule has 1 aliphatic carbocycles. The maximum atomic E-state index is 11.0. The summed E-state index contributed by atoms with van der Waals surface area (Å²) in [4.78, 5) is 4.68. The maximum Gasteiger partial charge on any atom is 0.191 e. The van der Waals surface area contributed by atoms with Crippen molar-refractivity contribution in [3.8, 4) is 0 Å². The second kappa shape index (κ2) is 9.37. The van der Waals surface area contributed by atoms with Crippen molar-refractivity contribution in [1.29, 1.82) is 0 Å². The number of fused-ring (bicyclic) bond motifs is 1. The van der Waals surface area contributed by atoms with Crippen molar-refractivity contribution in [3.05, 3.63) is 71.3 Å². The summed E-state index contributed by atoms with van der Waals surface area (Å²) in [6.45, 7) is 5.30. The first-order chi connectivity index (χ1) is 12.1. The van der Waals surface area contributed by atoms with E-state index in [1.807, 2.05) is 43.3 Å². The number of aliphatic imine (C=N–C) groups is 1. The topological polar surface area (TPSA) is 56.7 Å². The van der Waals surface area contributed by atoms with Gasteiger partial charge in [0.05, 0.1) is 12.6 Å². The van der Waals surface area contributed by atoms with Crippen molar-refractivity contribution >= 4 is 29.9 Å². The molecule has 2 unspecified atom stereocenters. The fourth-order valence-electron chi connectivity index (χ4n) is 3.39. The van der Waals surface area contributed by atoms with Crippen LogP contribution in [0, 0.1) is 0 Å². The fraction of sp³-hybridized carbons (Fsp3) is 0.381. The molecule has 0 aromatic heterocycles. The summed E-state index contributed by atoms with van der Waals surface area (Å²) in [7, 11) is 0. The van der Waals surface area contributed by atoms with Crippen molar-refractivity contribution in [3.63, 3.8) is 0 Å². The molecule has 4 nitrogen and oxygen atoms in total. The van der Waals surface area contributed by atoms with Gasteiger partial charge in [-0.2, -0.15) is 0 Å². The molecule has 140 valence electrons. The molecule has 26 heavy (non-hydrogen) atoms. The van der Waals surface area contributed by atoms with E-state index in [1.165, 1.54) is 11.1 Å². The van der Waals surface area contributed by atoms with E-state index < -0.39 is 5.60 Å². The maximum absolute atomic E-state index is 11.0. The molecule has 0 bridgehead atoms. The van der Waals surface area contributed by atoms with Crippen LogP contribution in [-0.4, -0.2) is 24.2 Å². The summed E-state index contributed by atoms with van der Waals surface area (Å²) in [5, 5.41) is 17.8. The van der Waals surface area contributed by atoms with Gasteiger partial charge in [-0.05, 0) is 43.4 Å². The molecule has 3 N–H and O–H groups in total. The quantitative estimate of drug-likeness (QED) is 0.358. The highest BCUT2D eigenvalue weighted by molar-refractivity contribution is 14.0. The highest BCUT2D eigenvalue weighted by Crippen LogP contribution is 2.36. The van der Waals surface area contributed by atoms with Crippen molar-refractivity contribution in [1.82, 2.24) is 10.6 Å². The van der Waals surface area contributed by atoms with E-state index in [1.54, 1.807) is 0 Å². The van der Waals surface area contributed by atoms with Crippen LogP contribution in [0.3, 0.4) is 0 Å². The number of benzene rings is 2. The molecule has 5 heteroatoms. The van der Waals surface area contributed by atoms with Gasteiger partial charge in [-0.25, -0.2) is 4.99 Å². The Morgan fingerprint density at radius 3 is 2.58 bits per heavy atom. The Bertz CT molecular complexity index is 735. The lowest BCUT2D eigenvalue weighted by Gasteiger charge is -2.24. The van der Waals surface area contributed by atoms with E-state index in [-0.39, 0.29) is 30.0 Å². The Balaban J connectivity index is 0.00000243. The molecule has 0 aliphatic heterocycles. The van der Waals surface area contributed by atoms with Gasteiger partial charge in [0.15, 0.2) is 5.96 Å². The predicted octanol–water partition coefficient (Wildman–Crippen LogP) is 3.75. The van der Waals surface area contributed by atoms with Gasteiger partial charge in [-0.1, -0.05) is 54.6 Å². The number of rotatable bonds is 5. The lowest BCUT2D eigenvalue weighted by Crippen LogP contribution is -2.40. The molecular formula is C21H28IN3O. The van der Waals surface area contributed by atoms with E-state index in [2.05, 4.69) is 40.7 Å². The Morgan fingerprint density at radius 1 is 1.15 bits per heavy atom. The van der Waals surface area contributed by atoms with Crippen LogP contribution in [0.5, 0.6) is 0 Å². The number of aryl methyl sites for hydroxylation is 1. The second-order valence-corrected chi connectivity index (χ2v) is 6.66. The number of aliphatic hydroxyl groups is 1. The average molecular weight is 465 g/mol. The van der Waals surface area contributed by atoms with Crippen molar-refractivity contribution in [2.24, 2.45) is 4.99 Å². The molecule has 0 fully saturated rings. The number of hydrogen-bond acceptors (Lipinski definition) is 2. The SMILES string of the molecule is CCNC(=NCC1(O)CCc2ccccc21)NC(C)c1ccccc1.I. The van der Waals surface area contributed by atoms with E-state index >= 15 is 0 Å². The van der Waals surface area contributed by atoms with Gasteiger partial charge in [0, 0.05) is 6.54 Å². The first-order valence-electron chi connectivity index (χ1n) is 9.03. The second-order valence-electron chi connectivity index (χ2n) is 6.66. The zero-order valence-electron chi connectivity index (χ0n) is 15.4. The third-order valence-corrected chi connectivity index (χ3v) is 4.82. The number of nitrogens with one attached hydrogen (secondary N) is 2. The summed E-state index contributed by atoms with van der Waals surface area (Å²) in [6.07, 6.45) is 1.63. The Labute approximate surface area is 173 Å². The van der Waals surface area contributed by atoms with Gasteiger partial charge >= 0.3 is 0 Å². The molecule has 0 saturated carbocycles. The molecule has 0 saturated heterocycles. The summed E-state index contributed by atoms with van der Waals surface area (Å²) in [6, 6.07) is 18.6. The zero-order chi connectivity index (χ0) is 17.7. The summed E-state index contributed by atoms with van der Waals surface area (Å²) >= 11 is 0. The Morgan fingerprint density at radius 2 is 1.85 bits per heavy atom. The largest absolute Gasteiger partial charge is 0.383 e. The van der Waals surface area contributed by atoms with Crippen LogP contribution in [0.15, 0.2) is 59.6 Å². The first-order valence-corrected chi connectivity index (χ1v) is 9.03. The highest BCUT2D eigenvalue weighted by atomic mass is 127. The van der Waals surface area contributed by atoms with Crippen LogP contribution in [-0.2, 0) is 12.0 Å². The van der Waals surface area contributed by atoms with Crippen LogP contribution >= 0.6 is 24.0 Å². The zero-order valence-corrected chi connectivity index (χ0v) is 17.7. The molecule has 0 amide bonds. The van der Waals surface area contributed by atoms with Crippen LogP contribution in [0.25, 0.3) is 0 Å². The first kappa shape index (κ1) is 20.7. The van der Waals surface area contributed by atoms with Crippen LogP contribution in [0.1, 0.15) is 43.0 Å². The average Bonchev–Trinajstić information content (AvgIpc) is 2.98. The summed E-state index contributed by atoms with van der Waals surface area (Å²) in [5.41, 5.74) is 2.59. The van der Waals surface area contributed by atoms with E-state index in [0.29, 0.717) is 6.54 Å². The molecule has 0 heterocycles. The number of guanidine groups is 1. The van der Waals surface area contributed by atoms with Crippen molar-refractivity contribution in [2.75, 3.05) is 13.1 Å². The lowest BCUT2D eigenvalue weighted by atomic mass is 9.96. The minimum Gasteiger partial charge on any atom is -0.383 e. The number of halogens is 1. The van der Waals surface area contributed by atoms with Gasteiger partial charge in [-0.3, -0.25) is 0 Å². The minimum absolute atomic E-state index is 0. The van der Waals surface area contributed by atoms with Gasteiger partial charge in [0.2, 0.25) is 0 Å². The molecule has 2 atom stereocenters. The van der Waals surface area contributed by atoms with Crippen molar-refractivity contribution < 1.29 is 5.11 Å². The van der Waals surface area contributed by atoms with E-state index in [4.69, 9.17) is 0 Å². The van der Waals surface area contributed by atoms with E-state index in [9.17, 15) is 5.11 Å². The van der Waals surface area contributed by atoms with Gasteiger partial charge < -0.3 is 15.7 Å². The standard InChI is InChI=1S/C21H27N3O.HI/c1-3-22-20(24-16(2)17-9-5-4-6-10-17)23-15-21(25)14-13-18-11-7-8-12-19(18)21;/h4-12,16,25H,3,13-15H2,1-2H3,(H2,22,23,24);1H. The summed E-state index contributed by atoms with van der Waals surface area (Å²) < 4.78 is 0. The molecule has 0 radical (unpaired) electrons. The molecule has 1 aliphatic rings. The smallest absolute Gasteiger partial charge is 0.191 e. The van der Waals surface area contributed by atoms with Crippen LogP contribution < -0.4 is 10.6 Å². The lowest BCUT2D eigenvalue weighted by molar-refractivity contribution is 0.0485. The van der Waals surface area contributed by atoms with Gasteiger partial charge in [0.25, 0.3) is 0 Å². The molecule has 3 rings (SSSR count). The Kier molecular flexibility index (Phi) is 7.46. The fourth-order valence-corrected chi connectivity index (χ4v) is 3.39. The Hall–Kier alpha value is -1.60. The normalized spacial score (nSPS) is 20.0. The van der Waals surface area contributed by atoms with E-state index in [0.717, 1.165) is 30.9 Å². The number of hydrogen-bond donors (Lipinski definition) is 3. The van der Waals surface area contributed by atoms with Gasteiger partial charge in [0.1, 0.15) is 5.60 Å².